The molecular weight excluding hydrogens is 317 g/mol. The Kier molecular flexibility index (Phi) is 10.9. The SMILES string of the molecule is CSN(SC)C(=S)CCC(=S)N(SC)SC. The number of hydrogen-bond acceptors (Lipinski definition) is 6. The van der Waals surface area contributed by atoms with E-state index in [1.807, 2.05) is 32.4 Å². The van der Waals surface area contributed by atoms with Crippen LogP contribution in [0.25, 0.3) is 0 Å². The predicted molar refractivity (Wildman–Crippen MR) is 92.2 cm³/mol. The van der Waals surface area contributed by atoms with Crippen molar-refractivity contribution in [3.63, 3.8) is 0 Å². The molecule has 0 atom stereocenters. The van der Waals surface area contributed by atoms with Crippen LogP contribution in [0.5, 0.6) is 0 Å². The fraction of sp³-hybridized carbons (Fsp3) is 0.750. The van der Waals surface area contributed by atoms with Crippen molar-refractivity contribution in [1.82, 2.24) is 7.42 Å². The standard InChI is InChI=1S/C8H16N2S6/c1-13-9(14-2)7(11)5-6-8(12)10(15-3)16-4/h5-6H2,1-4H3. The van der Waals surface area contributed by atoms with Crippen LogP contribution in [0.4, 0.5) is 0 Å². The second kappa shape index (κ2) is 10.1. The third kappa shape index (κ3) is 6.20. The molecule has 0 N–H and O–H groups in total. The summed E-state index contributed by atoms with van der Waals surface area (Å²) in [5.41, 5.74) is 0. The van der Waals surface area contributed by atoms with Crippen LogP contribution in [0.15, 0.2) is 0 Å². The Labute approximate surface area is 127 Å². The molecule has 0 amide bonds. The summed E-state index contributed by atoms with van der Waals surface area (Å²) >= 11 is 17.2. The molecule has 0 rings (SSSR count). The van der Waals surface area contributed by atoms with Crippen LogP contribution < -0.4 is 0 Å². The van der Waals surface area contributed by atoms with Crippen LogP contribution in [-0.2, 0) is 0 Å². The maximum atomic E-state index is 5.34. The minimum Gasteiger partial charge on any atom is -0.252 e. The van der Waals surface area contributed by atoms with Gasteiger partial charge in [-0.25, -0.2) is 0 Å². The zero-order chi connectivity index (χ0) is 12.6. The summed E-state index contributed by atoms with van der Waals surface area (Å²) in [7, 11) is 0. The molecular formula is C8H16N2S6. The van der Waals surface area contributed by atoms with Crippen molar-refractivity contribution in [3.05, 3.63) is 0 Å². The van der Waals surface area contributed by atoms with Crippen LogP contribution in [0, 0.1) is 0 Å². The van der Waals surface area contributed by atoms with Crippen molar-refractivity contribution in [2.24, 2.45) is 0 Å². The summed E-state index contributed by atoms with van der Waals surface area (Å²) in [6.07, 6.45) is 9.78. The van der Waals surface area contributed by atoms with Gasteiger partial charge in [0.25, 0.3) is 0 Å². The summed E-state index contributed by atoms with van der Waals surface area (Å²) in [5, 5.41) is 0. The van der Waals surface area contributed by atoms with E-state index in [4.69, 9.17) is 24.4 Å². The average molecular weight is 333 g/mol. The van der Waals surface area contributed by atoms with Crippen LogP contribution >= 0.6 is 72.2 Å². The van der Waals surface area contributed by atoms with Crippen molar-refractivity contribution < 1.29 is 0 Å². The first kappa shape index (κ1) is 17.2. The van der Waals surface area contributed by atoms with Crippen molar-refractivity contribution in [2.75, 3.05) is 25.0 Å². The fourth-order valence-corrected chi connectivity index (χ4v) is 4.42. The molecule has 0 aliphatic heterocycles. The fourth-order valence-electron chi connectivity index (χ4n) is 0.953. The molecule has 0 radical (unpaired) electrons. The smallest absolute Gasteiger partial charge is 0.0998 e. The van der Waals surface area contributed by atoms with E-state index in [1.165, 1.54) is 0 Å². The van der Waals surface area contributed by atoms with Gasteiger partial charge in [0.05, 0.1) is 9.98 Å². The summed E-state index contributed by atoms with van der Waals surface area (Å²) < 4.78 is 4.08. The van der Waals surface area contributed by atoms with Gasteiger partial charge in [-0.1, -0.05) is 24.4 Å². The summed E-state index contributed by atoms with van der Waals surface area (Å²) in [6, 6.07) is 0. The quantitative estimate of drug-likeness (QED) is 0.500. The third-order valence-corrected chi connectivity index (χ3v) is 6.86. The Morgan fingerprint density at radius 1 is 0.750 bits per heavy atom. The van der Waals surface area contributed by atoms with E-state index in [0.717, 1.165) is 22.8 Å². The largest absolute Gasteiger partial charge is 0.252 e. The Morgan fingerprint density at radius 2 is 1.00 bits per heavy atom. The Morgan fingerprint density at radius 3 is 1.19 bits per heavy atom. The molecule has 0 saturated carbocycles. The van der Waals surface area contributed by atoms with Crippen LogP contribution in [0.3, 0.4) is 0 Å². The molecule has 0 aromatic heterocycles. The Bertz CT molecular complexity index is 203. The highest BCUT2D eigenvalue weighted by atomic mass is 32.2. The highest BCUT2D eigenvalue weighted by Crippen LogP contribution is 2.23. The lowest BCUT2D eigenvalue weighted by atomic mass is 10.3. The molecule has 0 unspecified atom stereocenters. The van der Waals surface area contributed by atoms with E-state index < -0.39 is 0 Å². The van der Waals surface area contributed by atoms with Crippen LogP contribution in [-0.4, -0.2) is 42.4 Å². The van der Waals surface area contributed by atoms with E-state index in [-0.39, 0.29) is 0 Å². The number of rotatable bonds is 7. The van der Waals surface area contributed by atoms with Crippen molar-refractivity contribution >= 4 is 82.2 Å². The normalized spacial score (nSPS) is 10.0. The Hall–Kier alpha value is 1.18. The predicted octanol–water partition coefficient (Wildman–Crippen LogP) is 4.14. The summed E-state index contributed by atoms with van der Waals surface area (Å²) in [5.74, 6) is 0. The molecule has 0 aliphatic carbocycles. The average Bonchev–Trinajstić information content (AvgIpc) is 2.29. The molecule has 0 aromatic rings. The van der Waals surface area contributed by atoms with E-state index in [1.54, 1.807) is 47.8 Å². The van der Waals surface area contributed by atoms with E-state index in [9.17, 15) is 0 Å². The van der Waals surface area contributed by atoms with Gasteiger partial charge in [0.2, 0.25) is 0 Å². The molecule has 0 heterocycles. The first-order chi connectivity index (χ1) is 7.60. The van der Waals surface area contributed by atoms with Gasteiger partial charge in [0.1, 0.15) is 0 Å². The lowest BCUT2D eigenvalue weighted by Crippen LogP contribution is -2.19. The molecule has 0 bridgehead atoms. The van der Waals surface area contributed by atoms with Gasteiger partial charge in [-0.3, -0.25) is 7.42 Å². The van der Waals surface area contributed by atoms with Crippen LogP contribution in [0.2, 0.25) is 0 Å². The molecule has 0 fully saturated rings. The van der Waals surface area contributed by atoms with Gasteiger partial charge in [-0.05, 0) is 47.8 Å². The summed E-state index contributed by atoms with van der Waals surface area (Å²) in [4.78, 5) is 1.90. The second-order valence-electron chi connectivity index (χ2n) is 2.53. The number of thiocarbonyl (C=S) groups is 2. The minimum absolute atomic E-state index is 0.841. The maximum absolute atomic E-state index is 5.34. The maximum Gasteiger partial charge on any atom is 0.0998 e. The van der Waals surface area contributed by atoms with Crippen LogP contribution in [0.1, 0.15) is 12.8 Å². The zero-order valence-electron chi connectivity index (χ0n) is 9.76. The highest BCUT2D eigenvalue weighted by Gasteiger charge is 2.11. The molecule has 8 heteroatoms. The molecule has 94 valence electrons. The number of nitrogens with zero attached hydrogens (tertiary/aromatic N) is 2. The molecule has 2 nitrogen and oxygen atoms in total. The lowest BCUT2D eigenvalue weighted by Gasteiger charge is -2.21. The van der Waals surface area contributed by atoms with Gasteiger partial charge in [0.15, 0.2) is 0 Å². The van der Waals surface area contributed by atoms with Gasteiger partial charge < -0.3 is 0 Å². The van der Waals surface area contributed by atoms with Crippen molar-refractivity contribution in [2.45, 2.75) is 12.8 Å². The summed E-state index contributed by atoms with van der Waals surface area (Å²) in [6.45, 7) is 0. The molecule has 16 heavy (non-hydrogen) atoms. The second-order valence-corrected chi connectivity index (χ2v) is 6.86. The third-order valence-electron chi connectivity index (χ3n) is 1.62. The minimum atomic E-state index is 0.841. The number of hydrogen-bond donors (Lipinski definition) is 0. The van der Waals surface area contributed by atoms with Gasteiger partial charge in [-0.2, -0.15) is 0 Å². The monoisotopic (exact) mass is 332 g/mol. The molecule has 0 saturated heterocycles. The first-order valence-corrected chi connectivity index (χ1v) is 9.97. The highest BCUT2D eigenvalue weighted by molar-refractivity contribution is 8.13. The van der Waals surface area contributed by atoms with Crippen molar-refractivity contribution in [3.8, 4) is 0 Å². The first-order valence-electron chi connectivity index (χ1n) is 4.43. The topological polar surface area (TPSA) is 6.48 Å². The van der Waals surface area contributed by atoms with Gasteiger partial charge in [0, 0.05) is 37.9 Å². The Balaban J connectivity index is 4.04. The molecule has 0 aromatic carbocycles. The molecule has 0 spiro atoms. The van der Waals surface area contributed by atoms with Gasteiger partial charge in [-0.15, -0.1) is 0 Å². The zero-order valence-corrected chi connectivity index (χ0v) is 14.7. The van der Waals surface area contributed by atoms with Gasteiger partial charge >= 0.3 is 0 Å². The lowest BCUT2D eigenvalue weighted by molar-refractivity contribution is 0.997. The molecule has 0 aliphatic rings. The van der Waals surface area contributed by atoms with Crippen molar-refractivity contribution in [1.29, 1.82) is 0 Å². The van der Waals surface area contributed by atoms with E-state index in [2.05, 4.69) is 0 Å². The van der Waals surface area contributed by atoms with E-state index in [0.29, 0.717) is 0 Å². The van der Waals surface area contributed by atoms with E-state index >= 15 is 0 Å².